The van der Waals surface area contributed by atoms with Gasteiger partial charge in [-0.15, -0.1) is 0 Å². The van der Waals surface area contributed by atoms with Crippen molar-refractivity contribution >= 4 is 0 Å². The van der Waals surface area contributed by atoms with E-state index in [1.54, 1.807) is 0 Å². The molecule has 0 aliphatic carbocycles. The second-order valence-electron chi connectivity index (χ2n) is 3.14. The Balaban J connectivity index is -0.0000000107. The minimum Gasteiger partial charge on any atom is -0.412 e. The van der Waals surface area contributed by atoms with E-state index >= 15 is 0 Å². The van der Waals surface area contributed by atoms with E-state index in [2.05, 4.69) is 27.7 Å². The van der Waals surface area contributed by atoms with Gasteiger partial charge in [-0.1, -0.05) is 104 Å². The molecule has 0 aromatic rings. The van der Waals surface area contributed by atoms with Crippen LogP contribution in [-0.2, 0) is 0 Å². The van der Waals surface area contributed by atoms with E-state index < -0.39 is 14.8 Å². The highest BCUT2D eigenvalue weighted by Crippen LogP contribution is 1.56. The molecular weight excluding hydrogens is 410 g/mol. The third-order valence-corrected chi connectivity index (χ3v) is 0. The van der Waals surface area contributed by atoms with Crippen LogP contribution in [0.3, 0.4) is 0 Å². The summed E-state index contributed by atoms with van der Waals surface area (Å²) in [5, 5.41) is 26.4. The molecule has 12 heteroatoms. The number of nitrogens with two attached hydrogens (primary N) is 1. The first-order valence-corrected chi connectivity index (χ1v) is 9.38. The lowest BCUT2D eigenvalue weighted by atomic mass is 10.6. The summed E-state index contributed by atoms with van der Waals surface area (Å²) in [6.07, 6.45) is 2.50. The fourth-order valence-electron chi connectivity index (χ4n) is 0. The first-order valence-electron chi connectivity index (χ1n) is 9.38. The van der Waals surface area contributed by atoms with Crippen LogP contribution in [0.5, 0.6) is 0 Å². The summed E-state index contributed by atoms with van der Waals surface area (Å²) in [6.45, 7) is 23.2. The Morgan fingerprint density at radius 3 is 0.581 bits per heavy atom. The van der Waals surface area contributed by atoms with Crippen molar-refractivity contribution in [3.63, 3.8) is 0 Å². The van der Waals surface area contributed by atoms with Gasteiger partial charge < -0.3 is 17.4 Å². The zero-order valence-electron chi connectivity index (χ0n) is 21.7. The average molecular weight is 474 g/mol. The molecule has 0 atom stereocenters. The third-order valence-electron chi connectivity index (χ3n) is 0. The molecule has 7 N–H and O–H groups in total. The molecule has 0 saturated heterocycles. The highest BCUT2D eigenvalue weighted by Gasteiger charge is 1.57. The van der Waals surface area contributed by atoms with Crippen LogP contribution >= 0.6 is 0 Å². The maximum Gasteiger partial charge on any atom is 0.194 e. The maximum absolute atomic E-state index is 8.81. The second kappa shape index (κ2) is 203. The van der Waals surface area contributed by atoms with E-state index in [0.717, 1.165) is 27.7 Å². The number of rotatable bonds is 0. The summed E-state index contributed by atoms with van der Waals surface area (Å²) in [5.74, 6) is 0. The van der Waals surface area contributed by atoms with Crippen molar-refractivity contribution in [2.45, 2.75) is 104 Å². The maximum atomic E-state index is 8.81. The van der Waals surface area contributed by atoms with E-state index in [1.165, 1.54) is 12.8 Å². The third kappa shape index (κ3) is 5180. The summed E-state index contributed by atoms with van der Waals surface area (Å²) in [4.78, 5) is 24.9. The number of hydrogen-bond donors (Lipinski definition) is 2. The standard InChI is InChI=1S/2C3H8.C2H7N.3C2H6.3CH3NO2.2CH4.H3N.H2O/c2*1-3-2;1-2-3;3*1-2;3*1-2(3)4;;;;/h2*3H2,1-2H3;2-3H2,1H3;3*1-2H3;3*1H3;2*1H4;1H3;1H2. The molecule has 0 amide bonds. The van der Waals surface area contributed by atoms with Crippen molar-refractivity contribution < 1.29 is 20.2 Å². The van der Waals surface area contributed by atoms with Gasteiger partial charge in [0, 0.05) is 14.8 Å². The van der Waals surface area contributed by atoms with Gasteiger partial charge in [0.05, 0.1) is 0 Å². The Bertz CT molecular complexity index is 169. The first-order chi connectivity index (χ1) is 12.4. The number of nitrogens with zero attached hydrogens (tertiary/aromatic N) is 3. The Morgan fingerprint density at radius 1 is 0.581 bits per heavy atom. The van der Waals surface area contributed by atoms with Gasteiger partial charge in [-0.05, 0) is 6.54 Å². The minimum atomic E-state index is -0.500. The first kappa shape index (κ1) is 88.7. The van der Waals surface area contributed by atoms with E-state index in [-0.39, 0.29) is 26.5 Å². The second-order valence-corrected chi connectivity index (χ2v) is 3.14. The van der Waals surface area contributed by atoms with E-state index in [1.807, 2.05) is 48.5 Å². The van der Waals surface area contributed by atoms with Crippen molar-refractivity contribution in [2.75, 3.05) is 27.7 Å². The Labute approximate surface area is 194 Å². The fourth-order valence-corrected chi connectivity index (χ4v) is 0. The topological polar surface area (TPSA) is 222 Å². The van der Waals surface area contributed by atoms with Crippen molar-refractivity contribution in [1.82, 2.24) is 6.15 Å². The Kier molecular flexibility index (Phi) is 580. The summed E-state index contributed by atoms with van der Waals surface area (Å²) >= 11 is 0. The minimum absolute atomic E-state index is 0. The van der Waals surface area contributed by atoms with Crippen molar-refractivity contribution in [3.8, 4) is 0 Å². The molecular formula is C19H63N5O7. The molecule has 0 radical (unpaired) electrons. The number of hydrogen-bond acceptors (Lipinski definition) is 8. The lowest BCUT2D eigenvalue weighted by Crippen LogP contribution is -1.87. The largest absolute Gasteiger partial charge is 0.412 e. The molecule has 0 saturated carbocycles. The quantitative estimate of drug-likeness (QED) is 0.305. The molecule has 0 rings (SSSR count). The zero-order chi connectivity index (χ0) is 24.9. The molecule has 0 aliphatic rings. The van der Waals surface area contributed by atoms with Crippen LogP contribution in [0.4, 0.5) is 0 Å². The van der Waals surface area contributed by atoms with Crippen LogP contribution in [0.1, 0.15) is 104 Å². The highest BCUT2D eigenvalue weighted by atomic mass is 16.6. The predicted octanol–water partition coefficient (Wildman–Crippen LogP) is 6.16. The molecule has 0 aliphatic heterocycles. The van der Waals surface area contributed by atoms with Crippen LogP contribution in [0.15, 0.2) is 0 Å². The van der Waals surface area contributed by atoms with Gasteiger partial charge in [-0.25, -0.2) is 0 Å². The molecule has 12 nitrogen and oxygen atoms in total. The molecule has 0 aromatic carbocycles. The molecule has 0 fully saturated rings. The predicted molar refractivity (Wildman–Crippen MR) is 142 cm³/mol. The van der Waals surface area contributed by atoms with Crippen LogP contribution in [-0.4, -0.2) is 47.9 Å². The summed E-state index contributed by atoms with van der Waals surface area (Å²) in [5.41, 5.74) is 4.85. The average Bonchev–Trinajstić information content (AvgIpc) is 2.53. The van der Waals surface area contributed by atoms with E-state index in [4.69, 9.17) is 36.1 Å². The molecule has 206 valence electrons. The molecule has 31 heavy (non-hydrogen) atoms. The monoisotopic (exact) mass is 473 g/mol. The van der Waals surface area contributed by atoms with Gasteiger partial charge in [0.2, 0.25) is 0 Å². The van der Waals surface area contributed by atoms with Gasteiger partial charge in [0.15, 0.2) is 21.1 Å². The van der Waals surface area contributed by atoms with Crippen LogP contribution in [0.25, 0.3) is 0 Å². The molecule has 0 heterocycles. The van der Waals surface area contributed by atoms with E-state index in [0.29, 0.717) is 0 Å². The Morgan fingerprint density at radius 2 is 0.581 bits per heavy atom. The highest BCUT2D eigenvalue weighted by molar-refractivity contribution is 4.00. The lowest BCUT2D eigenvalue weighted by molar-refractivity contribution is -0.445. The zero-order valence-corrected chi connectivity index (χ0v) is 21.7. The van der Waals surface area contributed by atoms with Gasteiger partial charge in [-0.2, -0.15) is 0 Å². The van der Waals surface area contributed by atoms with Gasteiger partial charge >= 0.3 is 0 Å². The fraction of sp³-hybridized carbons (Fsp3) is 1.00. The van der Waals surface area contributed by atoms with Gasteiger partial charge in [0.25, 0.3) is 0 Å². The molecule has 0 unspecified atom stereocenters. The van der Waals surface area contributed by atoms with Crippen molar-refractivity contribution in [2.24, 2.45) is 5.73 Å². The number of nitro groups is 3. The van der Waals surface area contributed by atoms with Gasteiger partial charge in [0.1, 0.15) is 0 Å². The smallest absolute Gasteiger partial charge is 0.194 e. The summed E-state index contributed by atoms with van der Waals surface area (Å²) in [7, 11) is 2.67. The Hall–Kier alpha value is -1.92. The van der Waals surface area contributed by atoms with E-state index in [9.17, 15) is 0 Å². The van der Waals surface area contributed by atoms with Gasteiger partial charge in [-0.3, -0.25) is 30.3 Å². The van der Waals surface area contributed by atoms with Crippen molar-refractivity contribution in [1.29, 1.82) is 0 Å². The van der Waals surface area contributed by atoms with Crippen LogP contribution in [0, 0.1) is 30.3 Å². The molecule has 0 spiro atoms. The van der Waals surface area contributed by atoms with Crippen molar-refractivity contribution in [3.05, 3.63) is 30.3 Å². The van der Waals surface area contributed by atoms with Crippen LogP contribution < -0.4 is 11.9 Å². The summed E-state index contributed by atoms with van der Waals surface area (Å²) in [6, 6.07) is 0. The lowest BCUT2D eigenvalue weighted by Gasteiger charge is -1.63. The SMILES string of the molecule is C.C.CC.CC.CC.CCC.CCC.CCN.C[N+](=O)[O-].C[N+](=O)[O-].C[N+](=O)[O-].N.O. The molecule has 0 bridgehead atoms. The molecule has 0 aromatic heterocycles. The summed E-state index contributed by atoms with van der Waals surface area (Å²) < 4.78 is 0. The normalized spacial score (nSPS) is 4.74. The van der Waals surface area contributed by atoms with Crippen LogP contribution in [0.2, 0.25) is 0 Å².